The zero-order valence-electron chi connectivity index (χ0n) is 18.9. The average molecular weight is 473 g/mol. The highest BCUT2D eigenvalue weighted by molar-refractivity contribution is 6.18. The Balaban J connectivity index is 1.67. The van der Waals surface area contributed by atoms with Gasteiger partial charge >= 0.3 is 0 Å². The number of Topliss-reactive ketones (excluding diaryl/α,β-unsaturated/α-hetero) is 1. The van der Waals surface area contributed by atoms with Crippen LogP contribution in [0, 0.1) is 6.92 Å². The zero-order valence-corrected chi connectivity index (χ0v) is 20.4. The Morgan fingerprint density at radius 3 is 2.25 bits per heavy atom. The highest BCUT2D eigenvalue weighted by atomic mass is 35.5. The number of benzene rings is 2. The molecule has 0 aliphatic carbocycles. The second-order valence-electron chi connectivity index (χ2n) is 8.01. The van der Waals surface area contributed by atoms with Crippen molar-refractivity contribution in [3.05, 3.63) is 59.8 Å². The molecule has 0 aliphatic heterocycles. The maximum Gasteiger partial charge on any atom is 0.156 e. The van der Waals surface area contributed by atoms with Gasteiger partial charge in [-0.3, -0.25) is 9.78 Å². The number of fused-ring (bicyclic) bond motifs is 1. The van der Waals surface area contributed by atoms with Crippen LogP contribution in [0.2, 0.25) is 0 Å². The lowest BCUT2D eigenvalue weighted by Crippen LogP contribution is -2.27. The van der Waals surface area contributed by atoms with Crippen LogP contribution >= 0.6 is 23.2 Å². The number of aryl methyl sites for hydroxylation is 1. The first-order valence-electron chi connectivity index (χ1n) is 10.7. The quantitative estimate of drug-likeness (QED) is 0.392. The third-order valence-electron chi connectivity index (χ3n) is 5.32. The second kappa shape index (κ2) is 11.4. The van der Waals surface area contributed by atoms with Crippen LogP contribution in [-0.4, -0.2) is 56.3 Å². The van der Waals surface area contributed by atoms with Crippen LogP contribution in [0.15, 0.2) is 48.5 Å². The molecular weight excluding hydrogens is 443 g/mol. The van der Waals surface area contributed by atoms with Crippen LogP contribution in [0.25, 0.3) is 10.9 Å². The van der Waals surface area contributed by atoms with Crippen molar-refractivity contribution in [2.45, 2.75) is 13.3 Å². The highest BCUT2D eigenvalue weighted by Gasteiger charge is 2.10. The number of alkyl halides is 2. The fourth-order valence-corrected chi connectivity index (χ4v) is 4.06. The fraction of sp³-hybridized carbons (Fsp3) is 0.360. The number of nitrogens with one attached hydrogen (secondary N) is 1. The van der Waals surface area contributed by atoms with Crippen LogP contribution in [0.5, 0.6) is 0 Å². The van der Waals surface area contributed by atoms with E-state index in [1.165, 1.54) is 0 Å². The van der Waals surface area contributed by atoms with Crippen LogP contribution in [-0.2, 0) is 11.2 Å². The Bertz CT molecular complexity index is 1050. The van der Waals surface area contributed by atoms with Gasteiger partial charge in [-0.1, -0.05) is 12.1 Å². The van der Waals surface area contributed by atoms with E-state index >= 15 is 0 Å². The lowest BCUT2D eigenvalue weighted by molar-refractivity contribution is -0.116. The molecule has 0 aliphatic rings. The molecule has 0 saturated heterocycles. The molecule has 0 atom stereocenters. The predicted octanol–water partition coefficient (Wildman–Crippen LogP) is 5.12. The van der Waals surface area contributed by atoms with Gasteiger partial charge in [0.15, 0.2) is 5.78 Å². The lowest BCUT2D eigenvalue weighted by atomic mass is 10.1. The van der Waals surface area contributed by atoms with Gasteiger partial charge in [-0.15, -0.1) is 23.2 Å². The summed E-state index contributed by atoms with van der Waals surface area (Å²) in [6, 6.07) is 16.2. The molecule has 0 fully saturated rings. The number of rotatable bonds is 11. The highest BCUT2D eigenvalue weighted by Crippen LogP contribution is 2.27. The van der Waals surface area contributed by atoms with Gasteiger partial charge in [0.1, 0.15) is 0 Å². The molecule has 0 saturated carbocycles. The predicted molar refractivity (Wildman–Crippen MR) is 138 cm³/mol. The van der Waals surface area contributed by atoms with Gasteiger partial charge in [0, 0.05) is 73.5 Å². The minimum absolute atomic E-state index is 0.127. The van der Waals surface area contributed by atoms with E-state index < -0.39 is 0 Å². The van der Waals surface area contributed by atoms with Crippen molar-refractivity contribution in [2.24, 2.45) is 0 Å². The number of aromatic nitrogens is 1. The monoisotopic (exact) mass is 472 g/mol. The second-order valence-corrected chi connectivity index (χ2v) is 8.76. The molecule has 3 aromatic rings. The number of nitrogens with zero attached hydrogens (tertiary/aromatic N) is 3. The summed E-state index contributed by atoms with van der Waals surface area (Å²) in [6.07, 6.45) is 0.378. The molecule has 2 aromatic carbocycles. The molecule has 170 valence electrons. The van der Waals surface area contributed by atoms with E-state index in [1.54, 1.807) is 0 Å². The summed E-state index contributed by atoms with van der Waals surface area (Å²) in [6.45, 7) is 3.71. The smallest absolute Gasteiger partial charge is 0.156 e. The number of anilines is 3. The molecule has 7 heteroatoms. The maximum absolute atomic E-state index is 12.7. The van der Waals surface area contributed by atoms with Gasteiger partial charge in [0.05, 0.1) is 12.1 Å². The molecule has 0 bridgehead atoms. The summed E-state index contributed by atoms with van der Waals surface area (Å²) in [4.78, 5) is 21.5. The van der Waals surface area contributed by atoms with Crippen LogP contribution in [0.3, 0.4) is 0 Å². The van der Waals surface area contributed by atoms with Crippen molar-refractivity contribution < 1.29 is 4.79 Å². The zero-order chi connectivity index (χ0) is 23.1. The molecule has 1 aromatic heterocycles. The van der Waals surface area contributed by atoms with E-state index in [-0.39, 0.29) is 12.3 Å². The van der Waals surface area contributed by atoms with Crippen molar-refractivity contribution in [2.75, 3.05) is 60.6 Å². The van der Waals surface area contributed by atoms with Crippen LogP contribution in [0.1, 0.15) is 11.3 Å². The van der Waals surface area contributed by atoms with Gasteiger partial charge < -0.3 is 15.1 Å². The van der Waals surface area contributed by atoms with Crippen molar-refractivity contribution in [1.82, 2.24) is 4.98 Å². The summed E-state index contributed by atoms with van der Waals surface area (Å²) in [5.41, 5.74) is 5.91. The van der Waals surface area contributed by atoms with Crippen molar-refractivity contribution >= 4 is 57.0 Å². The molecule has 3 rings (SSSR count). The first-order valence-corrected chi connectivity index (χ1v) is 11.8. The molecule has 1 N–H and O–H groups in total. The van der Waals surface area contributed by atoms with E-state index in [9.17, 15) is 4.79 Å². The van der Waals surface area contributed by atoms with Crippen LogP contribution < -0.4 is 15.1 Å². The number of hydrogen-bond donors (Lipinski definition) is 1. The Kier molecular flexibility index (Phi) is 8.60. The Labute approximate surface area is 200 Å². The summed E-state index contributed by atoms with van der Waals surface area (Å²) in [7, 11) is 4.02. The number of pyridine rings is 1. The summed E-state index contributed by atoms with van der Waals surface area (Å²) in [5.74, 6) is 1.21. The molecule has 0 radical (unpaired) electrons. The number of carbonyl (C=O) groups is 1. The number of carbonyl (C=O) groups excluding carboxylic acids is 1. The van der Waals surface area contributed by atoms with E-state index in [2.05, 4.69) is 32.2 Å². The molecule has 0 amide bonds. The normalized spacial score (nSPS) is 10.9. The number of halogens is 2. The lowest BCUT2D eigenvalue weighted by Gasteiger charge is -2.23. The van der Waals surface area contributed by atoms with Crippen molar-refractivity contribution in [1.29, 1.82) is 0 Å². The Hall–Kier alpha value is -2.50. The summed E-state index contributed by atoms with van der Waals surface area (Å²) < 4.78 is 0. The molecule has 0 unspecified atom stereocenters. The topological polar surface area (TPSA) is 48.5 Å². The van der Waals surface area contributed by atoms with E-state index in [1.807, 2.05) is 57.4 Å². The third-order valence-corrected chi connectivity index (χ3v) is 5.66. The first-order chi connectivity index (χ1) is 15.4. The third kappa shape index (κ3) is 6.27. The first kappa shape index (κ1) is 24.1. The molecule has 5 nitrogen and oxygen atoms in total. The van der Waals surface area contributed by atoms with Crippen LogP contribution in [0.4, 0.5) is 17.1 Å². The van der Waals surface area contributed by atoms with Crippen molar-refractivity contribution in [3.8, 4) is 0 Å². The fourth-order valence-electron chi connectivity index (χ4n) is 3.65. The van der Waals surface area contributed by atoms with E-state index in [0.717, 1.165) is 52.3 Å². The molecule has 32 heavy (non-hydrogen) atoms. The maximum atomic E-state index is 12.7. The summed E-state index contributed by atoms with van der Waals surface area (Å²) >= 11 is 11.8. The molecule has 1 heterocycles. The van der Waals surface area contributed by atoms with Gasteiger partial charge in [-0.2, -0.15) is 0 Å². The van der Waals surface area contributed by atoms with Gasteiger partial charge in [-0.25, -0.2) is 0 Å². The number of hydrogen-bond acceptors (Lipinski definition) is 5. The van der Waals surface area contributed by atoms with E-state index in [4.69, 9.17) is 23.2 Å². The van der Waals surface area contributed by atoms with Crippen molar-refractivity contribution in [3.63, 3.8) is 0 Å². The minimum atomic E-state index is 0.127. The SMILES string of the molecule is Cc1cc(NCC(=O)Cc2ccc(N(CCCl)CCCl)cc2)c2cc(N(C)C)ccc2n1. The average Bonchev–Trinajstić information content (AvgIpc) is 2.77. The number of ketones is 1. The van der Waals surface area contributed by atoms with Gasteiger partial charge in [0.2, 0.25) is 0 Å². The van der Waals surface area contributed by atoms with E-state index in [0.29, 0.717) is 18.2 Å². The van der Waals surface area contributed by atoms with Gasteiger partial charge in [0.25, 0.3) is 0 Å². The standard InChI is InChI=1S/C25H30Cl2N4O/c1-18-14-25(23-16-21(30(2)3)8-9-24(23)29-18)28-17-22(32)15-19-4-6-20(7-5-19)31(12-10-26)13-11-27/h4-9,14,16H,10-13,15,17H2,1-3H3,(H,28,29). The molecule has 0 spiro atoms. The Morgan fingerprint density at radius 1 is 0.969 bits per heavy atom. The summed E-state index contributed by atoms with van der Waals surface area (Å²) in [5, 5.41) is 4.34. The van der Waals surface area contributed by atoms with Gasteiger partial charge in [-0.05, 0) is 48.9 Å². The minimum Gasteiger partial charge on any atom is -0.378 e. The Morgan fingerprint density at radius 2 is 1.62 bits per heavy atom. The molecular formula is C25H30Cl2N4O. The largest absolute Gasteiger partial charge is 0.378 e.